The van der Waals surface area contributed by atoms with E-state index in [-0.39, 0.29) is 18.7 Å². The van der Waals surface area contributed by atoms with Gasteiger partial charge in [-0.25, -0.2) is 4.79 Å². The number of nitrogens with zero attached hydrogens (tertiary/aromatic N) is 1. The Labute approximate surface area is 143 Å². The van der Waals surface area contributed by atoms with Gasteiger partial charge in [-0.2, -0.15) is 0 Å². The lowest BCUT2D eigenvalue weighted by Crippen LogP contribution is -2.39. The van der Waals surface area contributed by atoms with Crippen LogP contribution in [0.25, 0.3) is 0 Å². The summed E-state index contributed by atoms with van der Waals surface area (Å²) >= 11 is 0. The number of hydrogen-bond acceptors (Lipinski definition) is 2. The maximum absolute atomic E-state index is 12.9. The van der Waals surface area contributed by atoms with Gasteiger partial charge in [-0.3, -0.25) is 0 Å². The zero-order valence-corrected chi connectivity index (χ0v) is 14.2. The Morgan fingerprint density at radius 2 is 2.00 bits per heavy atom. The van der Waals surface area contributed by atoms with Gasteiger partial charge in [0.15, 0.2) is 0 Å². The summed E-state index contributed by atoms with van der Waals surface area (Å²) in [6, 6.07) is 14.0. The Morgan fingerprint density at radius 3 is 2.79 bits per heavy atom. The number of aryl methyl sites for hydroxylation is 2. The van der Waals surface area contributed by atoms with E-state index in [1.54, 1.807) is 4.90 Å². The summed E-state index contributed by atoms with van der Waals surface area (Å²) in [4.78, 5) is 14.6. The van der Waals surface area contributed by atoms with Gasteiger partial charge in [0.25, 0.3) is 0 Å². The molecule has 0 heterocycles. The van der Waals surface area contributed by atoms with E-state index in [0.717, 1.165) is 29.7 Å². The molecule has 1 aliphatic rings. The van der Waals surface area contributed by atoms with Crippen LogP contribution in [0.5, 0.6) is 0 Å². The van der Waals surface area contributed by atoms with Gasteiger partial charge in [0.2, 0.25) is 0 Å². The summed E-state index contributed by atoms with van der Waals surface area (Å²) in [6.07, 6.45) is 1.87. The molecule has 2 aromatic rings. The summed E-state index contributed by atoms with van der Waals surface area (Å²) in [5, 5.41) is 12.5. The highest BCUT2D eigenvalue weighted by molar-refractivity contribution is 5.90. The van der Waals surface area contributed by atoms with Crippen molar-refractivity contribution in [3.63, 3.8) is 0 Å². The molecule has 0 aromatic heterocycles. The number of benzene rings is 2. The molecule has 0 saturated heterocycles. The number of hydrogen-bond donors (Lipinski definition) is 2. The molecule has 2 aromatic carbocycles. The van der Waals surface area contributed by atoms with Crippen LogP contribution >= 0.6 is 0 Å². The minimum atomic E-state index is -0.153. The molecular formula is C20H24N2O2. The van der Waals surface area contributed by atoms with Crippen molar-refractivity contribution in [1.29, 1.82) is 0 Å². The molecule has 4 nitrogen and oxygen atoms in total. The predicted molar refractivity (Wildman–Crippen MR) is 96.2 cm³/mol. The van der Waals surface area contributed by atoms with E-state index >= 15 is 0 Å². The predicted octanol–water partition coefficient (Wildman–Crippen LogP) is 3.82. The largest absolute Gasteiger partial charge is 0.395 e. The Bertz CT molecular complexity index is 742. The second kappa shape index (κ2) is 7.05. The second-order valence-electron chi connectivity index (χ2n) is 6.35. The fourth-order valence-corrected chi connectivity index (χ4v) is 3.44. The summed E-state index contributed by atoms with van der Waals surface area (Å²) in [6.45, 7) is 4.32. The van der Waals surface area contributed by atoms with Crippen molar-refractivity contribution in [3.8, 4) is 0 Å². The van der Waals surface area contributed by atoms with E-state index in [1.807, 2.05) is 44.2 Å². The molecule has 4 heteroatoms. The van der Waals surface area contributed by atoms with Gasteiger partial charge >= 0.3 is 6.03 Å². The lowest BCUT2D eigenvalue weighted by Gasteiger charge is -2.29. The molecule has 0 fully saturated rings. The number of urea groups is 1. The summed E-state index contributed by atoms with van der Waals surface area (Å²) in [7, 11) is 0. The number of rotatable bonds is 4. The highest BCUT2D eigenvalue weighted by Gasteiger charge is 2.30. The van der Waals surface area contributed by atoms with Crippen molar-refractivity contribution in [2.75, 3.05) is 18.5 Å². The molecule has 1 atom stereocenters. The first kappa shape index (κ1) is 16.5. The second-order valence-corrected chi connectivity index (χ2v) is 6.35. The number of carbonyl (C=O) groups excluding carboxylic acids is 1. The standard InChI is InChI=1S/C20H24N2O2/c1-14-6-5-9-18(15(14)2)21-20(24)22(12-13-23)19-11-10-16-7-3-4-8-17(16)19/h3-9,19,23H,10-13H2,1-2H3,(H,21,24). The molecular weight excluding hydrogens is 300 g/mol. The van der Waals surface area contributed by atoms with Crippen LogP contribution in [0.3, 0.4) is 0 Å². The fraction of sp³-hybridized carbons (Fsp3) is 0.350. The van der Waals surface area contributed by atoms with Crippen LogP contribution in [0.4, 0.5) is 10.5 Å². The van der Waals surface area contributed by atoms with Crippen molar-refractivity contribution < 1.29 is 9.90 Å². The monoisotopic (exact) mass is 324 g/mol. The minimum Gasteiger partial charge on any atom is -0.395 e. The molecule has 0 spiro atoms. The van der Waals surface area contributed by atoms with E-state index < -0.39 is 0 Å². The van der Waals surface area contributed by atoms with Crippen LogP contribution in [-0.2, 0) is 6.42 Å². The highest BCUT2D eigenvalue weighted by atomic mass is 16.3. The molecule has 0 saturated carbocycles. The van der Waals surface area contributed by atoms with Gasteiger partial charge in [-0.05, 0) is 55.0 Å². The molecule has 126 valence electrons. The number of amides is 2. The topological polar surface area (TPSA) is 52.6 Å². The zero-order chi connectivity index (χ0) is 17.1. The van der Waals surface area contributed by atoms with Gasteiger partial charge in [0.05, 0.1) is 12.6 Å². The van der Waals surface area contributed by atoms with E-state index in [9.17, 15) is 9.90 Å². The van der Waals surface area contributed by atoms with E-state index in [2.05, 4.69) is 17.4 Å². The molecule has 0 aliphatic heterocycles. The van der Waals surface area contributed by atoms with Crippen molar-refractivity contribution in [2.24, 2.45) is 0 Å². The first-order chi connectivity index (χ1) is 11.6. The molecule has 0 radical (unpaired) electrons. The van der Waals surface area contributed by atoms with Crippen molar-refractivity contribution in [3.05, 3.63) is 64.7 Å². The third-order valence-corrected chi connectivity index (χ3v) is 4.93. The Hall–Kier alpha value is -2.33. The first-order valence-corrected chi connectivity index (χ1v) is 8.44. The average Bonchev–Trinajstić information content (AvgIpc) is 3.00. The summed E-state index contributed by atoms with van der Waals surface area (Å²) in [5.74, 6) is 0. The van der Waals surface area contributed by atoms with Gasteiger partial charge in [0, 0.05) is 12.2 Å². The number of fused-ring (bicyclic) bond motifs is 1. The first-order valence-electron chi connectivity index (χ1n) is 8.44. The van der Waals surface area contributed by atoms with Crippen LogP contribution in [0, 0.1) is 13.8 Å². The molecule has 3 rings (SSSR count). The Kier molecular flexibility index (Phi) is 4.86. The minimum absolute atomic E-state index is 0.0264. The molecule has 24 heavy (non-hydrogen) atoms. The normalized spacial score (nSPS) is 15.9. The van der Waals surface area contributed by atoms with E-state index in [4.69, 9.17) is 0 Å². The molecule has 2 N–H and O–H groups in total. The highest BCUT2D eigenvalue weighted by Crippen LogP contribution is 2.35. The van der Waals surface area contributed by atoms with Crippen LogP contribution in [0.2, 0.25) is 0 Å². The molecule has 1 aliphatic carbocycles. The number of carbonyl (C=O) groups is 1. The Balaban J connectivity index is 1.83. The third-order valence-electron chi connectivity index (χ3n) is 4.93. The van der Waals surface area contributed by atoms with Crippen molar-refractivity contribution >= 4 is 11.7 Å². The lowest BCUT2D eigenvalue weighted by atomic mass is 10.1. The maximum atomic E-state index is 12.9. The molecule has 0 bridgehead atoms. The lowest BCUT2D eigenvalue weighted by molar-refractivity contribution is 0.162. The zero-order valence-electron chi connectivity index (χ0n) is 14.2. The van der Waals surface area contributed by atoms with Crippen molar-refractivity contribution in [1.82, 2.24) is 4.90 Å². The van der Waals surface area contributed by atoms with Gasteiger partial charge in [-0.1, -0.05) is 36.4 Å². The summed E-state index contributed by atoms with van der Waals surface area (Å²) < 4.78 is 0. The maximum Gasteiger partial charge on any atom is 0.322 e. The van der Waals surface area contributed by atoms with Gasteiger partial charge in [-0.15, -0.1) is 0 Å². The van der Waals surface area contributed by atoms with Crippen molar-refractivity contribution in [2.45, 2.75) is 32.7 Å². The van der Waals surface area contributed by atoms with E-state index in [1.165, 1.54) is 11.1 Å². The SMILES string of the molecule is Cc1cccc(NC(=O)N(CCO)C2CCc3ccccc32)c1C. The van der Waals surface area contributed by atoms with Gasteiger partial charge < -0.3 is 15.3 Å². The number of aliphatic hydroxyl groups excluding tert-OH is 1. The van der Waals surface area contributed by atoms with Crippen LogP contribution in [-0.4, -0.2) is 29.2 Å². The molecule has 2 amide bonds. The van der Waals surface area contributed by atoms with Gasteiger partial charge in [0.1, 0.15) is 0 Å². The number of nitrogens with one attached hydrogen (secondary N) is 1. The fourth-order valence-electron chi connectivity index (χ4n) is 3.44. The number of anilines is 1. The van der Waals surface area contributed by atoms with Crippen LogP contribution < -0.4 is 5.32 Å². The summed E-state index contributed by atoms with van der Waals surface area (Å²) in [5.41, 5.74) is 5.54. The molecule has 1 unspecified atom stereocenters. The smallest absolute Gasteiger partial charge is 0.322 e. The van der Waals surface area contributed by atoms with Crippen LogP contribution in [0.1, 0.15) is 34.7 Å². The third kappa shape index (κ3) is 3.15. The average molecular weight is 324 g/mol. The Morgan fingerprint density at radius 1 is 1.21 bits per heavy atom. The van der Waals surface area contributed by atoms with Crippen LogP contribution in [0.15, 0.2) is 42.5 Å². The van der Waals surface area contributed by atoms with E-state index in [0.29, 0.717) is 6.54 Å². The quantitative estimate of drug-likeness (QED) is 0.898. The number of aliphatic hydroxyl groups is 1.